The summed E-state index contributed by atoms with van der Waals surface area (Å²) in [5.41, 5.74) is 6.40. The van der Waals surface area contributed by atoms with E-state index in [1.165, 1.54) is 6.33 Å². The van der Waals surface area contributed by atoms with E-state index in [1.807, 2.05) is 20.8 Å². The predicted octanol–water partition coefficient (Wildman–Crippen LogP) is 1.58. The Balaban J connectivity index is 3.05. The van der Waals surface area contributed by atoms with Crippen molar-refractivity contribution < 1.29 is 5.11 Å². The van der Waals surface area contributed by atoms with E-state index in [4.69, 9.17) is 5.73 Å². The first-order chi connectivity index (χ1) is 8.12. The molecule has 17 heavy (non-hydrogen) atoms. The molecule has 0 fully saturated rings. The highest BCUT2D eigenvalue weighted by molar-refractivity contribution is 5.56. The van der Waals surface area contributed by atoms with E-state index in [1.54, 1.807) is 0 Å². The van der Waals surface area contributed by atoms with Gasteiger partial charge in [0.1, 0.15) is 18.0 Å². The Kier molecular flexibility index (Phi) is 4.69. The standard InChI is InChI=1S/C12H22N4O/c1-4-9-10(13)14-8-15-11(9)16-12(5-2,6-3)7-17/h8,17H,4-7H2,1-3H3,(H3,13,14,15,16). The van der Waals surface area contributed by atoms with Crippen molar-refractivity contribution in [1.29, 1.82) is 0 Å². The van der Waals surface area contributed by atoms with Gasteiger partial charge in [0.25, 0.3) is 0 Å². The second-order valence-corrected chi connectivity index (χ2v) is 4.21. The smallest absolute Gasteiger partial charge is 0.135 e. The van der Waals surface area contributed by atoms with Gasteiger partial charge in [0.2, 0.25) is 0 Å². The quantitative estimate of drug-likeness (QED) is 0.701. The molecule has 1 rings (SSSR count). The summed E-state index contributed by atoms with van der Waals surface area (Å²) >= 11 is 0. The van der Waals surface area contributed by atoms with Crippen LogP contribution in [0.2, 0.25) is 0 Å². The average Bonchev–Trinajstić information content (AvgIpc) is 2.36. The molecular weight excluding hydrogens is 216 g/mol. The molecule has 0 atom stereocenters. The topological polar surface area (TPSA) is 84.1 Å². The molecule has 1 aromatic heterocycles. The van der Waals surface area contributed by atoms with Gasteiger partial charge in [-0.25, -0.2) is 9.97 Å². The zero-order chi connectivity index (χ0) is 12.9. The number of aliphatic hydroxyl groups is 1. The van der Waals surface area contributed by atoms with Crippen LogP contribution in [0, 0.1) is 0 Å². The Bertz CT molecular complexity index is 355. The Morgan fingerprint density at radius 3 is 2.41 bits per heavy atom. The largest absolute Gasteiger partial charge is 0.394 e. The van der Waals surface area contributed by atoms with Crippen LogP contribution in [0.15, 0.2) is 6.33 Å². The highest BCUT2D eigenvalue weighted by atomic mass is 16.3. The Morgan fingerprint density at radius 2 is 1.94 bits per heavy atom. The summed E-state index contributed by atoms with van der Waals surface area (Å²) < 4.78 is 0. The molecule has 0 bridgehead atoms. The van der Waals surface area contributed by atoms with E-state index < -0.39 is 0 Å². The number of aliphatic hydroxyl groups excluding tert-OH is 1. The van der Waals surface area contributed by atoms with Crippen LogP contribution in [-0.4, -0.2) is 27.2 Å². The molecule has 0 aliphatic heterocycles. The van der Waals surface area contributed by atoms with Crippen molar-refractivity contribution in [3.8, 4) is 0 Å². The molecule has 4 N–H and O–H groups in total. The van der Waals surface area contributed by atoms with Crippen LogP contribution in [0.3, 0.4) is 0 Å². The zero-order valence-electron chi connectivity index (χ0n) is 10.8. The lowest BCUT2D eigenvalue weighted by Crippen LogP contribution is -2.41. The highest BCUT2D eigenvalue weighted by Gasteiger charge is 2.26. The predicted molar refractivity (Wildman–Crippen MR) is 69.8 cm³/mol. The summed E-state index contributed by atoms with van der Waals surface area (Å²) in [4.78, 5) is 8.21. The first-order valence-corrected chi connectivity index (χ1v) is 6.10. The second kappa shape index (κ2) is 5.82. The van der Waals surface area contributed by atoms with Crippen molar-refractivity contribution in [2.24, 2.45) is 0 Å². The molecule has 0 saturated carbocycles. The fraction of sp³-hybridized carbons (Fsp3) is 0.667. The van der Waals surface area contributed by atoms with Crippen molar-refractivity contribution in [2.45, 2.75) is 45.6 Å². The van der Waals surface area contributed by atoms with Gasteiger partial charge in [0, 0.05) is 5.56 Å². The molecule has 0 aliphatic rings. The maximum absolute atomic E-state index is 9.53. The molecule has 0 aromatic carbocycles. The highest BCUT2D eigenvalue weighted by Crippen LogP contribution is 2.25. The van der Waals surface area contributed by atoms with Gasteiger partial charge in [-0.05, 0) is 19.3 Å². The van der Waals surface area contributed by atoms with Gasteiger partial charge in [-0.15, -0.1) is 0 Å². The number of hydrogen-bond acceptors (Lipinski definition) is 5. The number of anilines is 2. The van der Waals surface area contributed by atoms with E-state index >= 15 is 0 Å². The minimum Gasteiger partial charge on any atom is -0.394 e. The van der Waals surface area contributed by atoms with Crippen LogP contribution >= 0.6 is 0 Å². The van der Waals surface area contributed by atoms with Gasteiger partial charge >= 0.3 is 0 Å². The van der Waals surface area contributed by atoms with Crippen LogP contribution in [0.5, 0.6) is 0 Å². The van der Waals surface area contributed by atoms with Crippen molar-refractivity contribution in [2.75, 3.05) is 17.7 Å². The molecule has 5 heteroatoms. The fourth-order valence-corrected chi connectivity index (χ4v) is 1.82. The van der Waals surface area contributed by atoms with Crippen LogP contribution in [0.25, 0.3) is 0 Å². The monoisotopic (exact) mass is 238 g/mol. The number of aromatic nitrogens is 2. The van der Waals surface area contributed by atoms with Crippen LogP contribution in [-0.2, 0) is 6.42 Å². The summed E-state index contributed by atoms with van der Waals surface area (Å²) in [5, 5.41) is 12.9. The summed E-state index contributed by atoms with van der Waals surface area (Å²) in [7, 11) is 0. The van der Waals surface area contributed by atoms with Gasteiger partial charge in [0.05, 0.1) is 12.1 Å². The van der Waals surface area contributed by atoms with E-state index in [0.717, 1.165) is 30.6 Å². The zero-order valence-corrected chi connectivity index (χ0v) is 10.8. The molecule has 96 valence electrons. The number of nitrogens with one attached hydrogen (secondary N) is 1. The number of hydrogen-bond donors (Lipinski definition) is 3. The maximum atomic E-state index is 9.53. The molecule has 5 nitrogen and oxygen atoms in total. The molecular formula is C12H22N4O. The molecule has 1 heterocycles. The third kappa shape index (κ3) is 2.85. The van der Waals surface area contributed by atoms with Crippen molar-refractivity contribution in [3.05, 3.63) is 11.9 Å². The van der Waals surface area contributed by atoms with Crippen LogP contribution < -0.4 is 11.1 Å². The fourth-order valence-electron chi connectivity index (χ4n) is 1.82. The first kappa shape index (κ1) is 13.7. The molecule has 0 aliphatic carbocycles. The van der Waals surface area contributed by atoms with Crippen LogP contribution in [0.1, 0.15) is 39.2 Å². The number of nitrogen functional groups attached to an aromatic ring is 1. The SMILES string of the molecule is CCc1c(N)ncnc1NC(CC)(CC)CO. The average molecular weight is 238 g/mol. The summed E-state index contributed by atoms with van der Waals surface area (Å²) in [6.07, 6.45) is 3.87. The Morgan fingerprint density at radius 1 is 1.29 bits per heavy atom. The molecule has 1 aromatic rings. The molecule has 0 radical (unpaired) electrons. The Hall–Kier alpha value is -1.36. The minimum absolute atomic E-state index is 0.0765. The second-order valence-electron chi connectivity index (χ2n) is 4.21. The van der Waals surface area contributed by atoms with Gasteiger partial charge in [-0.1, -0.05) is 20.8 Å². The maximum Gasteiger partial charge on any atom is 0.135 e. The third-order valence-electron chi connectivity index (χ3n) is 3.37. The lowest BCUT2D eigenvalue weighted by molar-refractivity contribution is 0.202. The van der Waals surface area contributed by atoms with E-state index in [0.29, 0.717) is 5.82 Å². The lowest BCUT2D eigenvalue weighted by atomic mass is 9.93. The van der Waals surface area contributed by atoms with Gasteiger partial charge in [-0.3, -0.25) is 0 Å². The number of nitrogens with zero attached hydrogens (tertiary/aromatic N) is 2. The lowest BCUT2D eigenvalue weighted by Gasteiger charge is -2.32. The van der Waals surface area contributed by atoms with Crippen molar-refractivity contribution >= 4 is 11.6 Å². The van der Waals surface area contributed by atoms with Gasteiger partial charge < -0.3 is 16.2 Å². The van der Waals surface area contributed by atoms with Crippen molar-refractivity contribution in [3.63, 3.8) is 0 Å². The number of nitrogens with two attached hydrogens (primary N) is 1. The molecule has 0 amide bonds. The Labute approximate surface area is 102 Å². The molecule has 0 saturated heterocycles. The van der Waals surface area contributed by atoms with Gasteiger partial charge in [0.15, 0.2) is 0 Å². The van der Waals surface area contributed by atoms with Gasteiger partial charge in [-0.2, -0.15) is 0 Å². The molecule has 0 spiro atoms. The van der Waals surface area contributed by atoms with E-state index in [2.05, 4.69) is 15.3 Å². The molecule has 0 unspecified atom stereocenters. The minimum atomic E-state index is -0.329. The van der Waals surface area contributed by atoms with E-state index in [-0.39, 0.29) is 12.1 Å². The third-order valence-corrected chi connectivity index (χ3v) is 3.37. The summed E-state index contributed by atoms with van der Waals surface area (Å²) in [5.74, 6) is 1.24. The summed E-state index contributed by atoms with van der Waals surface area (Å²) in [6.45, 7) is 6.18. The number of rotatable bonds is 6. The first-order valence-electron chi connectivity index (χ1n) is 6.10. The van der Waals surface area contributed by atoms with E-state index in [9.17, 15) is 5.11 Å². The van der Waals surface area contributed by atoms with Crippen LogP contribution in [0.4, 0.5) is 11.6 Å². The normalized spacial score (nSPS) is 11.5. The summed E-state index contributed by atoms with van der Waals surface area (Å²) in [6, 6.07) is 0. The van der Waals surface area contributed by atoms with Crippen molar-refractivity contribution in [1.82, 2.24) is 9.97 Å².